The van der Waals surface area contributed by atoms with E-state index < -0.39 is 16.0 Å². The van der Waals surface area contributed by atoms with Crippen LogP contribution in [0.25, 0.3) is 0 Å². The van der Waals surface area contributed by atoms with Crippen LogP contribution in [-0.2, 0) is 19.6 Å². The van der Waals surface area contributed by atoms with Crippen LogP contribution in [0.15, 0.2) is 0 Å². The van der Waals surface area contributed by atoms with Gasteiger partial charge in [-0.2, -0.15) is 0 Å². The molecule has 104 valence electrons. The Kier molecular flexibility index (Phi) is 4.24. The summed E-state index contributed by atoms with van der Waals surface area (Å²) in [6, 6.07) is -0.132. The van der Waals surface area contributed by atoms with E-state index in [9.17, 15) is 13.2 Å². The van der Waals surface area contributed by atoms with Crippen LogP contribution in [0.1, 0.15) is 32.1 Å². The molecule has 0 aromatic carbocycles. The van der Waals surface area contributed by atoms with Gasteiger partial charge in [-0.25, -0.2) is 13.1 Å². The highest BCUT2D eigenvalue weighted by atomic mass is 32.2. The standard InChI is InChI=1S/C11H19NO5S/c13-10(14)2-1-7-18(15,16)12-9-5-6-17-11(9)8-3-4-8/h8-9,11-12H,1-7H2,(H,13,14). The van der Waals surface area contributed by atoms with E-state index in [1.165, 1.54) is 0 Å². The van der Waals surface area contributed by atoms with Crippen LogP contribution in [0.4, 0.5) is 0 Å². The van der Waals surface area contributed by atoms with Crippen molar-refractivity contribution in [2.45, 2.75) is 44.2 Å². The molecule has 2 rings (SSSR count). The highest BCUT2D eigenvalue weighted by Crippen LogP contribution is 2.38. The minimum Gasteiger partial charge on any atom is -0.481 e. The smallest absolute Gasteiger partial charge is 0.303 e. The molecule has 6 nitrogen and oxygen atoms in total. The zero-order chi connectivity index (χ0) is 13.2. The molecule has 1 heterocycles. The average molecular weight is 277 g/mol. The number of hydrogen-bond donors (Lipinski definition) is 2. The summed E-state index contributed by atoms with van der Waals surface area (Å²) in [6.45, 7) is 0.601. The number of hydrogen-bond acceptors (Lipinski definition) is 4. The third-order valence-corrected chi connectivity index (χ3v) is 4.84. The molecule has 7 heteroatoms. The summed E-state index contributed by atoms with van der Waals surface area (Å²) in [5.41, 5.74) is 0. The largest absolute Gasteiger partial charge is 0.481 e. The highest BCUT2D eigenvalue weighted by Gasteiger charge is 2.41. The Morgan fingerprint density at radius 1 is 1.33 bits per heavy atom. The van der Waals surface area contributed by atoms with Crippen molar-refractivity contribution < 1.29 is 23.1 Å². The molecule has 1 saturated carbocycles. The van der Waals surface area contributed by atoms with Gasteiger partial charge in [-0.15, -0.1) is 0 Å². The van der Waals surface area contributed by atoms with Crippen molar-refractivity contribution in [1.82, 2.24) is 4.72 Å². The summed E-state index contributed by atoms with van der Waals surface area (Å²) in [5.74, 6) is -0.600. The molecule has 2 unspecified atom stereocenters. The van der Waals surface area contributed by atoms with E-state index in [1.807, 2.05) is 0 Å². The van der Waals surface area contributed by atoms with Crippen LogP contribution < -0.4 is 4.72 Å². The van der Waals surface area contributed by atoms with Crippen molar-refractivity contribution in [1.29, 1.82) is 0 Å². The highest BCUT2D eigenvalue weighted by molar-refractivity contribution is 7.89. The van der Waals surface area contributed by atoms with Gasteiger partial charge in [0.2, 0.25) is 10.0 Å². The van der Waals surface area contributed by atoms with Gasteiger partial charge in [0.05, 0.1) is 17.9 Å². The maximum atomic E-state index is 11.8. The second-order valence-corrected chi connectivity index (χ2v) is 6.88. The number of ether oxygens (including phenoxy) is 1. The SMILES string of the molecule is O=C(O)CCCS(=O)(=O)NC1CCOC1C1CC1. The minimum atomic E-state index is -3.39. The lowest BCUT2D eigenvalue weighted by molar-refractivity contribution is -0.137. The molecule has 0 aromatic rings. The van der Waals surface area contributed by atoms with Gasteiger partial charge < -0.3 is 9.84 Å². The summed E-state index contributed by atoms with van der Waals surface area (Å²) < 4.78 is 31.8. The number of carboxylic acids is 1. The van der Waals surface area contributed by atoms with Crippen LogP contribution in [0.5, 0.6) is 0 Å². The predicted octanol–water partition coefficient (Wildman–Crippen LogP) is 0.338. The number of carboxylic acid groups (broad SMARTS) is 1. The van der Waals surface area contributed by atoms with Gasteiger partial charge >= 0.3 is 5.97 Å². The second-order valence-electron chi connectivity index (χ2n) is 5.00. The second kappa shape index (κ2) is 5.54. The molecular weight excluding hydrogens is 258 g/mol. The van der Waals surface area contributed by atoms with Crippen LogP contribution in [0.2, 0.25) is 0 Å². The molecule has 2 fully saturated rings. The van der Waals surface area contributed by atoms with E-state index in [0.29, 0.717) is 18.9 Å². The predicted molar refractivity (Wildman–Crippen MR) is 64.7 cm³/mol. The number of sulfonamides is 1. The third-order valence-electron chi connectivity index (χ3n) is 3.36. The Labute approximate surface area is 107 Å². The number of aliphatic carboxylic acids is 1. The van der Waals surface area contributed by atoms with Gasteiger partial charge in [-0.1, -0.05) is 0 Å². The first-order chi connectivity index (χ1) is 8.48. The van der Waals surface area contributed by atoms with Crippen LogP contribution >= 0.6 is 0 Å². The lowest BCUT2D eigenvalue weighted by Gasteiger charge is -2.19. The number of carbonyl (C=O) groups is 1. The van der Waals surface area contributed by atoms with Crippen molar-refractivity contribution in [3.8, 4) is 0 Å². The monoisotopic (exact) mass is 277 g/mol. The van der Waals surface area contributed by atoms with Crippen molar-refractivity contribution in [3.05, 3.63) is 0 Å². The summed E-state index contributed by atoms with van der Waals surface area (Å²) in [5, 5.41) is 8.48. The molecule has 0 radical (unpaired) electrons. The number of nitrogens with one attached hydrogen (secondary N) is 1. The van der Waals surface area contributed by atoms with Crippen LogP contribution in [0, 0.1) is 5.92 Å². The molecule has 18 heavy (non-hydrogen) atoms. The zero-order valence-electron chi connectivity index (χ0n) is 10.2. The van der Waals surface area contributed by atoms with E-state index in [0.717, 1.165) is 12.8 Å². The van der Waals surface area contributed by atoms with Crippen LogP contribution in [-0.4, -0.2) is 44.0 Å². The molecule has 0 spiro atoms. The Bertz CT molecular complexity index is 404. The Morgan fingerprint density at radius 2 is 2.06 bits per heavy atom. The molecule has 1 aliphatic carbocycles. The maximum Gasteiger partial charge on any atom is 0.303 e. The van der Waals surface area contributed by atoms with Gasteiger partial charge in [0.1, 0.15) is 0 Å². The topological polar surface area (TPSA) is 92.7 Å². The molecule has 0 amide bonds. The molecule has 0 aromatic heterocycles. The zero-order valence-corrected chi connectivity index (χ0v) is 11.0. The molecule has 2 aliphatic rings. The minimum absolute atomic E-state index is 0.0132. The van der Waals surface area contributed by atoms with Gasteiger partial charge in [-0.3, -0.25) is 4.79 Å². The maximum absolute atomic E-state index is 11.8. The first kappa shape index (κ1) is 13.8. The van der Waals surface area contributed by atoms with E-state index in [-0.39, 0.29) is 30.7 Å². The fourth-order valence-electron chi connectivity index (χ4n) is 2.33. The molecule has 1 saturated heterocycles. The van der Waals surface area contributed by atoms with Crippen molar-refractivity contribution in [2.24, 2.45) is 5.92 Å². The molecule has 2 atom stereocenters. The fraction of sp³-hybridized carbons (Fsp3) is 0.909. The molecule has 2 N–H and O–H groups in total. The van der Waals surface area contributed by atoms with Crippen molar-refractivity contribution in [2.75, 3.05) is 12.4 Å². The van der Waals surface area contributed by atoms with E-state index in [4.69, 9.17) is 9.84 Å². The van der Waals surface area contributed by atoms with E-state index in [1.54, 1.807) is 0 Å². The van der Waals surface area contributed by atoms with Gasteiger partial charge in [0.15, 0.2) is 0 Å². The van der Waals surface area contributed by atoms with Crippen molar-refractivity contribution in [3.63, 3.8) is 0 Å². The quantitative estimate of drug-likeness (QED) is 0.700. The average Bonchev–Trinajstić information content (AvgIpc) is 2.99. The summed E-state index contributed by atoms with van der Waals surface area (Å²) in [7, 11) is -3.39. The van der Waals surface area contributed by atoms with Gasteiger partial charge in [0, 0.05) is 13.0 Å². The number of rotatable bonds is 7. The summed E-state index contributed by atoms with van der Waals surface area (Å²) in [4.78, 5) is 10.3. The van der Waals surface area contributed by atoms with Crippen molar-refractivity contribution >= 4 is 16.0 Å². The summed E-state index contributed by atoms with van der Waals surface area (Å²) in [6.07, 6.45) is 2.98. The normalized spacial score (nSPS) is 28.4. The molecule has 1 aliphatic heterocycles. The first-order valence-electron chi connectivity index (χ1n) is 6.31. The molecule has 0 bridgehead atoms. The van der Waals surface area contributed by atoms with E-state index >= 15 is 0 Å². The fourth-order valence-corrected chi connectivity index (χ4v) is 3.69. The summed E-state index contributed by atoms with van der Waals surface area (Å²) >= 11 is 0. The van der Waals surface area contributed by atoms with Gasteiger partial charge in [-0.05, 0) is 31.6 Å². The van der Waals surface area contributed by atoms with Crippen LogP contribution in [0.3, 0.4) is 0 Å². The first-order valence-corrected chi connectivity index (χ1v) is 7.96. The van der Waals surface area contributed by atoms with Gasteiger partial charge in [0.25, 0.3) is 0 Å². The lowest BCUT2D eigenvalue weighted by Crippen LogP contribution is -2.42. The third kappa shape index (κ3) is 3.93. The molecular formula is C11H19NO5S. The Hall–Kier alpha value is -0.660. The lowest BCUT2D eigenvalue weighted by atomic mass is 10.1. The van der Waals surface area contributed by atoms with E-state index in [2.05, 4.69) is 4.72 Å². The Balaban J connectivity index is 1.81. The Morgan fingerprint density at radius 3 is 2.67 bits per heavy atom.